The standard InChI is InChI=1S/C17H26N2OS/c1-13(14-4-2-7-18-11-14)10-17(20)19-8-3-5-16(19)15-6-9-21-12-15/h6,9,12-14,16,18H,2-5,7-8,10-11H2,1H3. The van der Waals surface area contributed by atoms with Gasteiger partial charge in [0.25, 0.3) is 0 Å². The largest absolute Gasteiger partial charge is 0.336 e. The summed E-state index contributed by atoms with van der Waals surface area (Å²) in [6.45, 7) is 5.42. The molecule has 2 saturated heterocycles. The Kier molecular flexibility index (Phi) is 4.96. The summed E-state index contributed by atoms with van der Waals surface area (Å²) < 4.78 is 0. The Labute approximate surface area is 131 Å². The fourth-order valence-corrected chi connectivity index (χ4v) is 4.51. The van der Waals surface area contributed by atoms with Gasteiger partial charge in [0.1, 0.15) is 0 Å². The number of hydrogen-bond acceptors (Lipinski definition) is 3. The first-order valence-corrected chi connectivity index (χ1v) is 9.22. The molecule has 0 aromatic carbocycles. The summed E-state index contributed by atoms with van der Waals surface area (Å²) >= 11 is 1.73. The van der Waals surface area contributed by atoms with Crippen LogP contribution in [-0.4, -0.2) is 30.4 Å². The first kappa shape index (κ1) is 15.0. The van der Waals surface area contributed by atoms with Gasteiger partial charge >= 0.3 is 0 Å². The molecule has 1 aromatic rings. The summed E-state index contributed by atoms with van der Waals surface area (Å²) in [6.07, 6.45) is 5.51. The van der Waals surface area contributed by atoms with Crippen molar-refractivity contribution in [3.05, 3.63) is 22.4 Å². The molecule has 3 rings (SSSR count). The molecule has 0 radical (unpaired) electrons. The minimum absolute atomic E-state index is 0.334. The average molecular weight is 306 g/mol. The van der Waals surface area contributed by atoms with Gasteiger partial charge < -0.3 is 10.2 Å². The SMILES string of the molecule is CC(CC(=O)N1CCCC1c1ccsc1)C1CCCNC1. The number of carbonyl (C=O) groups is 1. The maximum Gasteiger partial charge on any atom is 0.223 e. The number of nitrogens with one attached hydrogen (secondary N) is 1. The number of nitrogens with zero attached hydrogens (tertiary/aromatic N) is 1. The Morgan fingerprint density at radius 3 is 3.10 bits per heavy atom. The fraction of sp³-hybridized carbons (Fsp3) is 0.706. The molecule has 0 bridgehead atoms. The highest BCUT2D eigenvalue weighted by molar-refractivity contribution is 7.07. The van der Waals surface area contributed by atoms with Crippen LogP contribution < -0.4 is 5.32 Å². The summed E-state index contributed by atoms with van der Waals surface area (Å²) in [4.78, 5) is 14.8. The molecule has 3 nitrogen and oxygen atoms in total. The maximum absolute atomic E-state index is 12.7. The summed E-state index contributed by atoms with van der Waals surface area (Å²) in [6, 6.07) is 2.51. The van der Waals surface area contributed by atoms with Crippen LogP contribution in [0, 0.1) is 11.8 Å². The van der Waals surface area contributed by atoms with Crippen molar-refractivity contribution in [1.82, 2.24) is 10.2 Å². The van der Waals surface area contributed by atoms with Crippen molar-refractivity contribution in [2.75, 3.05) is 19.6 Å². The van der Waals surface area contributed by atoms with Crippen LogP contribution in [0.5, 0.6) is 0 Å². The van der Waals surface area contributed by atoms with Gasteiger partial charge in [0.2, 0.25) is 5.91 Å². The predicted molar refractivity (Wildman–Crippen MR) is 87.4 cm³/mol. The molecule has 21 heavy (non-hydrogen) atoms. The van der Waals surface area contributed by atoms with Crippen molar-refractivity contribution in [2.45, 2.75) is 45.1 Å². The highest BCUT2D eigenvalue weighted by atomic mass is 32.1. The number of hydrogen-bond donors (Lipinski definition) is 1. The summed E-state index contributed by atoms with van der Waals surface area (Å²) in [7, 11) is 0. The van der Waals surface area contributed by atoms with Crippen molar-refractivity contribution < 1.29 is 4.79 Å². The van der Waals surface area contributed by atoms with Crippen molar-refractivity contribution in [1.29, 1.82) is 0 Å². The molecule has 3 heterocycles. The van der Waals surface area contributed by atoms with Crippen molar-refractivity contribution in [3.8, 4) is 0 Å². The number of piperidine rings is 1. The van der Waals surface area contributed by atoms with Crippen LogP contribution in [0.25, 0.3) is 0 Å². The van der Waals surface area contributed by atoms with Gasteiger partial charge in [0, 0.05) is 13.0 Å². The van der Waals surface area contributed by atoms with Crippen LogP contribution in [0.15, 0.2) is 16.8 Å². The molecule has 2 fully saturated rings. The third kappa shape index (κ3) is 3.49. The van der Waals surface area contributed by atoms with E-state index < -0.39 is 0 Å². The topological polar surface area (TPSA) is 32.3 Å². The lowest BCUT2D eigenvalue weighted by molar-refractivity contribution is -0.133. The van der Waals surface area contributed by atoms with E-state index in [2.05, 4.69) is 34.0 Å². The van der Waals surface area contributed by atoms with E-state index in [0.717, 1.165) is 32.5 Å². The smallest absolute Gasteiger partial charge is 0.223 e. The first-order chi connectivity index (χ1) is 10.3. The van der Waals surface area contributed by atoms with E-state index in [9.17, 15) is 4.79 Å². The van der Waals surface area contributed by atoms with E-state index in [1.54, 1.807) is 11.3 Å². The zero-order chi connectivity index (χ0) is 14.7. The fourth-order valence-electron chi connectivity index (χ4n) is 3.80. The van der Waals surface area contributed by atoms with Gasteiger partial charge in [-0.3, -0.25) is 4.79 Å². The molecule has 4 heteroatoms. The molecule has 3 unspecified atom stereocenters. The van der Waals surface area contributed by atoms with Gasteiger partial charge in [-0.15, -0.1) is 0 Å². The lowest BCUT2D eigenvalue weighted by Crippen LogP contribution is -2.37. The number of carbonyl (C=O) groups excluding carboxylic acids is 1. The second kappa shape index (κ2) is 6.93. The van der Waals surface area contributed by atoms with Gasteiger partial charge in [-0.25, -0.2) is 0 Å². The molecule has 2 aliphatic rings. The predicted octanol–water partition coefficient (Wildman–Crippen LogP) is 3.44. The van der Waals surface area contributed by atoms with E-state index in [1.807, 2.05) is 0 Å². The van der Waals surface area contributed by atoms with Crippen LogP contribution in [-0.2, 0) is 4.79 Å². The minimum atomic E-state index is 0.334. The quantitative estimate of drug-likeness (QED) is 0.924. The first-order valence-electron chi connectivity index (χ1n) is 8.28. The molecular formula is C17H26N2OS. The lowest BCUT2D eigenvalue weighted by atomic mass is 9.85. The molecular weight excluding hydrogens is 280 g/mol. The van der Waals surface area contributed by atoms with Crippen LogP contribution in [0.4, 0.5) is 0 Å². The molecule has 1 amide bonds. The number of thiophene rings is 1. The van der Waals surface area contributed by atoms with Crippen LogP contribution in [0.3, 0.4) is 0 Å². The van der Waals surface area contributed by atoms with E-state index in [0.29, 0.717) is 30.2 Å². The Morgan fingerprint density at radius 1 is 1.48 bits per heavy atom. The normalized spacial score (nSPS) is 27.8. The summed E-state index contributed by atoms with van der Waals surface area (Å²) in [5.41, 5.74) is 1.33. The second-order valence-electron chi connectivity index (χ2n) is 6.59. The Balaban J connectivity index is 1.59. The minimum Gasteiger partial charge on any atom is -0.336 e. The van der Waals surface area contributed by atoms with E-state index in [4.69, 9.17) is 0 Å². The Hall–Kier alpha value is -0.870. The lowest BCUT2D eigenvalue weighted by Gasteiger charge is -2.30. The monoisotopic (exact) mass is 306 g/mol. The summed E-state index contributed by atoms with van der Waals surface area (Å²) in [5, 5.41) is 7.78. The Bertz CT molecular complexity index is 453. The molecule has 0 spiro atoms. The number of likely N-dealkylation sites (tertiary alicyclic amines) is 1. The van der Waals surface area contributed by atoms with Crippen LogP contribution in [0.2, 0.25) is 0 Å². The molecule has 0 saturated carbocycles. The van der Waals surface area contributed by atoms with Crippen LogP contribution in [0.1, 0.15) is 50.6 Å². The van der Waals surface area contributed by atoms with Gasteiger partial charge in [0.15, 0.2) is 0 Å². The van der Waals surface area contributed by atoms with Crippen molar-refractivity contribution >= 4 is 17.2 Å². The number of amides is 1. The molecule has 0 aliphatic carbocycles. The van der Waals surface area contributed by atoms with E-state index >= 15 is 0 Å². The van der Waals surface area contributed by atoms with Crippen LogP contribution >= 0.6 is 11.3 Å². The molecule has 1 N–H and O–H groups in total. The van der Waals surface area contributed by atoms with E-state index in [-0.39, 0.29) is 0 Å². The molecule has 3 atom stereocenters. The van der Waals surface area contributed by atoms with Gasteiger partial charge in [-0.1, -0.05) is 6.92 Å². The van der Waals surface area contributed by atoms with Crippen molar-refractivity contribution in [3.63, 3.8) is 0 Å². The Morgan fingerprint density at radius 2 is 2.38 bits per heavy atom. The van der Waals surface area contributed by atoms with Gasteiger partial charge in [-0.05, 0) is 73.0 Å². The third-order valence-corrected chi connectivity index (χ3v) is 5.84. The van der Waals surface area contributed by atoms with Gasteiger partial charge in [0.05, 0.1) is 6.04 Å². The van der Waals surface area contributed by atoms with E-state index in [1.165, 1.54) is 18.4 Å². The highest BCUT2D eigenvalue weighted by Gasteiger charge is 2.32. The number of rotatable bonds is 4. The van der Waals surface area contributed by atoms with Crippen molar-refractivity contribution in [2.24, 2.45) is 11.8 Å². The zero-order valence-electron chi connectivity index (χ0n) is 12.9. The molecule has 1 aromatic heterocycles. The average Bonchev–Trinajstić information content (AvgIpc) is 3.18. The molecule has 116 valence electrons. The highest BCUT2D eigenvalue weighted by Crippen LogP contribution is 2.34. The van der Waals surface area contributed by atoms with Gasteiger partial charge in [-0.2, -0.15) is 11.3 Å². The second-order valence-corrected chi connectivity index (χ2v) is 7.37. The molecule has 2 aliphatic heterocycles. The maximum atomic E-state index is 12.7. The third-order valence-electron chi connectivity index (χ3n) is 5.14. The zero-order valence-corrected chi connectivity index (χ0v) is 13.7. The summed E-state index contributed by atoms with van der Waals surface area (Å²) in [5.74, 6) is 1.53.